The second kappa shape index (κ2) is 4.63. The van der Waals surface area contributed by atoms with Crippen molar-refractivity contribution in [1.82, 2.24) is 9.78 Å². The number of aryl methyl sites for hydroxylation is 1. The maximum Gasteiger partial charge on any atom is 0.145 e. The van der Waals surface area contributed by atoms with Gasteiger partial charge in [0.15, 0.2) is 0 Å². The molecular formula is C10H17N3O2. The van der Waals surface area contributed by atoms with Crippen LogP contribution in [0, 0.1) is 6.92 Å². The molecule has 0 spiro atoms. The predicted octanol–water partition coefficient (Wildman–Crippen LogP) is 0.927. The van der Waals surface area contributed by atoms with E-state index in [1.165, 1.54) is 0 Å². The molecule has 5 heteroatoms. The maximum atomic E-state index is 5.68. The molecule has 0 saturated carbocycles. The number of anilines is 1. The van der Waals surface area contributed by atoms with Gasteiger partial charge < -0.3 is 15.2 Å². The van der Waals surface area contributed by atoms with Crippen molar-refractivity contribution >= 4 is 5.82 Å². The Morgan fingerprint density at radius 3 is 3.20 bits per heavy atom. The van der Waals surface area contributed by atoms with Crippen molar-refractivity contribution in [2.45, 2.75) is 32.6 Å². The molecule has 1 fully saturated rings. The van der Waals surface area contributed by atoms with Crippen LogP contribution in [0.5, 0.6) is 0 Å². The van der Waals surface area contributed by atoms with Crippen LogP contribution in [-0.4, -0.2) is 29.1 Å². The molecule has 1 aliphatic heterocycles. The Bertz CT molecular complexity index is 318. The van der Waals surface area contributed by atoms with Gasteiger partial charge in [-0.25, -0.2) is 4.68 Å². The van der Waals surface area contributed by atoms with Gasteiger partial charge in [0.1, 0.15) is 12.5 Å². The molecule has 0 bridgehead atoms. The number of nitrogens with two attached hydrogens (primary N) is 1. The zero-order valence-electron chi connectivity index (χ0n) is 8.98. The lowest BCUT2D eigenvalue weighted by Gasteiger charge is -2.22. The molecule has 2 rings (SSSR count). The molecule has 0 aromatic carbocycles. The predicted molar refractivity (Wildman–Crippen MR) is 56.3 cm³/mol. The van der Waals surface area contributed by atoms with Gasteiger partial charge in [-0.2, -0.15) is 5.10 Å². The lowest BCUT2D eigenvalue weighted by atomic mass is 10.2. The van der Waals surface area contributed by atoms with Crippen LogP contribution in [0.15, 0.2) is 6.07 Å². The van der Waals surface area contributed by atoms with E-state index in [4.69, 9.17) is 15.2 Å². The highest BCUT2D eigenvalue weighted by Gasteiger charge is 2.14. The molecule has 15 heavy (non-hydrogen) atoms. The Labute approximate surface area is 89.2 Å². The zero-order chi connectivity index (χ0) is 10.7. The highest BCUT2D eigenvalue weighted by atomic mass is 16.5. The Hall–Kier alpha value is -1.07. The van der Waals surface area contributed by atoms with E-state index in [2.05, 4.69) is 5.10 Å². The van der Waals surface area contributed by atoms with E-state index in [1.807, 2.05) is 13.0 Å². The number of hydrogen-bond acceptors (Lipinski definition) is 4. The van der Waals surface area contributed by atoms with Gasteiger partial charge in [0.2, 0.25) is 0 Å². The van der Waals surface area contributed by atoms with Gasteiger partial charge in [-0.15, -0.1) is 0 Å². The van der Waals surface area contributed by atoms with E-state index in [-0.39, 0.29) is 6.10 Å². The van der Waals surface area contributed by atoms with Crippen LogP contribution < -0.4 is 5.73 Å². The molecule has 0 aliphatic carbocycles. The van der Waals surface area contributed by atoms with Crippen LogP contribution in [0.25, 0.3) is 0 Å². The summed E-state index contributed by atoms with van der Waals surface area (Å²) < 4.78 is 12.8. The molecular weight excluding hydrogens is 194 g/mol. The first kappa shape index (κ1) is 10.4. The van der Waals surface area contributed by atoms with Crippen LogP contribution in [0.3, 0.4) is 0 Å². The Balaban J connectivity index is 1.84. The van der Waals surface area contributed by atoms with Gasteiger partial charge in [-0.3, -0.25) is 0 Å². The van der Waals surface area contributed by atoms with Crippen molar-refractivity contribution in [3.05, 3.63) is 11.8 Å². The third kappa shape index (κ3) is 2.70. The second-order valence-corrected chi connectivity index (χ2v) is 3.85. The van der Waals surface area contributed by atoms with Crippen molar-refractivity contribution in [1.29, 1.82) is 0 Å². The molecule has 1 aromatic heterocycles. The molecule has 5 nitrogen and oxygen atoms in total. The SMILES string of the molecule is Cc1cc(N)nn1COC1CCCOC1. The summed E-state index contributed by atoms with van der Waals surface area (Å²) in [5, 5.41) is 4.12. The first-order chi connectivity index (χ1) is 7.25. The van der Waals surface area contributed by atoms with Crippen LogP contribution in [0.4, 0.5) is 5.82 Å². The minimum absolute atomic E-state index is 0.198. The van der Waals surface area contributed by atoms with Crippen molar-refractivity contribution in [2.24, 2.45) is 0 Å². The summed E-state index contributed by atoms with van der Waals surface area (Å²) in [5.74, 6) is 0.538. The normalized spacial score (nSPS) is 21.8. The number of hydrogen-bond donors (Lipinski definition) is 1. The monoisotopic (exact) mass is 211 g/mol. The summed E-state index contributed by atoms with van der Waals surface area (Å²) in [4.78, 5) is 0. The molecule has 2 heterocycles. The first-order valence-electron chi connectivity index (χ1n) is 5.25. The fraction of sp³-hybridized carbons (Fsp3) is 0.700. The van der Waals surface area contributed by atoms with Gasteiger partial charge >= 0.3 is 0 Å². The average Bonchev–Trinajstić information content (AvgIpc) is 2.56. The molecule has 1 saturated heterocycles. The fourth-order valence-corrected chi connectivity index (χ4v) is 1.68. The van der Waals surface area contributed by atoms with E-state index in [9.17, 15) is 0 Å². The van der Waals surface area contributed by atoms with Gasteiger partial charge in [0.05, 0.1) is 12.7 Å². The van der Waals surface area contributed by atoms with E-state index < -0.39 is 0 Å². The van der Waals surface area contributed by atoms with E-state index >= 15 is 0 Å². The molecule has 1 atom stereocenters. The molecule has 84 valence electrons. The number of aromatic nitrogens is 2. The molecule has 0 amide bonds. The molecule has 2 N–H and O–H groups in total. The number of nitrogen functional groups attached to an aromatic ring is 1. The average molecular weight is 211 g/mol. The number of rotatable bonds is 3. The van der Waals surface area contributed by atoms with Crippen LogP contribution in [0.2, 0.25) is 0 Å². The third-order valence-corrected chi connectivity index (χ3v) is 2.55. The van der Waals surface area contributed by atoms with Crippen molar-refractivity contribution < 1.29 is 9.47 Å². The summed E-state index contributed by atoms with van der Waals surface area (Å²) in [6, 6.07) is 1.83. The molecule has 1 aromatic rings. The van der Waals surface area contributed by atoms with Gasteiger partial charge in [-0.05, 0) is 19.8 Å². The van der Waals surface area contributed by atoms with E-state index in [1.54, 1.807) is 4.68 Å². The highest BCUT2D eigenvalue weighted by Crippen LogP contribution is 2.11. The minimum Gasteiger partial charge on any atom is -0.382 e. The van der Waals surface area contributed by atoms with E-state index in [0.717, 1.165) is 25.1 Å². The standard InChI is InChI=1S/C10H17N3O2/c1-8-5-10(11)12-13(8)7-15-9-3-2-4-14-6-9/h5,9H,2-4,6-7H2,1H3,(H2,11,12). The number of ether oxygens (including phenoxy) is 2. The Kier molecular flexibility index (Phi) is 3.23. The van der Waals surface area contributed by atoms with Crippen molar-refractivity contribution in [2.75, 3.05) is 18.9 Å². The Morgan fingerprint density at radius 1 is 1.73 bits per heavy atom. The van der Waals surface area contributed by atoms with Crippen LogP contribution in [-0.2, 0) is 16.2 Å². The van der Waals surface area contributed by atoms with Gasteiger partial charge in [0, 0.05) is 18.4 Å². The zero-order valence-corrected chi connectivity index (χ0v) is 8.98. The first-order valence-corrected chi connectivity index (χ1v) is 5.25. The largest absolute Gasteiger partial charge is 0.382 e. The fourth-order valence-electron chi connectivity index (χ4n) is 1.68. The van der Waals surface area contributed by atoms with Crippen LogP contribution in [0.1, 0.15) is 18.5 Å². The third-order valence-electron chi connectivity index (χ3n) is 2.55. The lowest BCUT2D eigenvalue weighted by molar-refractivity contribution is -0.0764. The lowest BCUT2D eigenvalue weighted by Crippen LogP contribution is -2.26. The van der Waals surface area contributed by atoms with Crippen molar-refractivity contribution in [3.63, 3.8) is 0 Å². The summed E-state index contributed by atoms with van der Waals surface area (Å²) in [6.45, 7) is 3.96. The topological polar surface area (TPSA) is 62.3 Å². The molecule has 1 aliphatic rings. The van der Waals surface area contributed by atoms with E-state index in [0.29, 0.717) is 19.2 Å². The Morgan fingerprint density at radius 2 is 2.60 bits per heavy atom. The van der Waals surface area contributed by atoms with Crippen molar-refractivity contribution in [3.8, 4) is 0 Å². The molecule has 1 unspecified atom stereocenters. The maximum absolute atomic E-state index is 5.68. The smallest absolute Gasteiger partial charge is 0.145 e. The van der Waals surface area contributed by atoms with Crippen LogP contribution >= 0.6 is 0 Å². The summed E-state index contributed by atoms with van der Waals surface area (Å²) in [5.41, 5.74) is 6.59. The quantitative estimate of drug-likeness (QED) is 0.807. The van der Waals surface area contributed by atoms with Gasteiger partial charge in [0.25, 0.3) is 0 Å². The van der Waals surface area contributed by atoms with Gasteiger partial charge in [-0.1, -0.05) is 0 Å². The second-order valence-electron chi connectivity index (χ2n) is 3.85. The summed E-state index contributed by atoms with van der Waals surface area (Å²) >= 11 is 0. The minimum atomic E-state index is 0.198. The summed E-state index contributed by atoms with van der Waals surface area (Å²) in [6.07, 6.45) is 2.34. The number of nitrogens with zero attached hydrogens (tertiary/aromatic N) is 2. The molecule has 0 radical (unpaired) electrons. The highest BCUT2D eigenvalue weighted by molar-refractivity contribution is 5.28. The summed E-state index contributed by atoms with van der Waals surface area (Å²) in [7, 11) is 0.